The highest BCUT2D eigenvalue weighted by molar-refractivity contribution is 5.80. The van der Waals surface area contributed by atoms with Crippen LogP contribution in [0.15, 0.2) is 36.5 Å². The molecule has 232 valence electrons. The number of carboxylic acid groups (broad SMARTS) is 2. The number of aryl methyl sites for hydroxylation is 1. The first-order valence-corrected chi connectivity index (χ1v) is 14.5. The normalized spacial score (nSPS) is 22.5. The molecule has 0 radical (unpaired) electrons. The summed E-state index contributed by atoms with van der Waals surface area (Å²) >= 11 is 0. The lowest BCUT2D eigenvalue weighted by molar-refractivity contribution is -0.139. The molecule has 5 rings (SSSR count). The number of benzene rings is 1. The highest BCUT2D eigenvalue weighted by Crippen LogP contribution is 2.45. The van der Waals surface area contributed by atoms with Crippen LogP contribution >= 0.6 is 0 Å². The van der Waals surface area contributed by atoms with Crippen LogP contribution in [0.5, 0.6) is 0 Å². The fraction of sp³-hybridized carbons (Fsp3) is 0.500. The second-order valence-corrected chi connectivity index (χ2v) is 11.3. The van der Waals surface area contributed by atoms with Crippen LogP contribution < -0.4 is 21.3 Å². The van der Waals surface area contributed by atoms with E-state index in [1.54, 1.807) is 0 Å². The molecule has 2 bridgehead atoms. The Morgan fingerprint density at radius 1 is 1.05 bits per heavy atom. The number of aliphatic carboxylic acids is 2. The number of anilines is 4. The van der Waals surface area contributed by atoms with Gasteiger partial charge in [0.2, 0.25) is 11.9 Å². The van der Waals surface area contributed by atoms with Crippen molar-refractivity contribution in [2.45, 2.75) is 45.1 Å². The van der Waals surface area contributed by atoms with Crippen LogP contribution in [-0.2, 0) is 14.4 Å². The molecule has 2 heterocycles. The number of carbonyl (C=O) groups excluding carboxylic acids is 1. The number of nitrogens with one attached hydrogen (secondary N) is 2. The Hall–Kier alpha value is -4.26. The Morgan fingerprint density at radius 3 is 2.30 bits per heavy atom. The van der Waals surface area contributed by atoms with Crippen molar-refractivity contribution in [1.82, 2.24) is 14.9 Å². The fourth-order valence-corrected chi connectivity index (χ4v) is 5.91. The van der Waals surface area contributed by atoms with Crippen molar-refractivity contribution >= 4 is 41.0 Å². The molecule has 1 saturated carbocycles. The third-order valence-corrected chi connectivity index (χ3v) is 8.16. The monoisotopic (exact) mass is 597 g/mol. The van der Waals surface area contributed by atoms with Gasteiger partial charge in [-0.1, -0.05) is 12.2 Å². The van der Waals surface area contributed by atoms with Gasteiger partial charge in [-0.25, -0.2) is 9.37 Å². The summed E-state index contributed by atoms with van der Waals surface area (Å²) in [6, 6.07) is 5.88. The number of likely N-dealkylation sites (N-methyl/N-ethyl adjacent to an activating group) is 1. The van der Waals surface area contributed by atoms with Crippen LogP contribution in [0.3, 0.4) is 0 Å². The molecule has 2 fully saturated rings. The maximum atomic E-state index is 14.5. The molecule has 12 nitrogen and oxygen atoms in total. The molecule has 6 N–H and O–H groups in total. The van der Waals surface area contributed by atoms with E-state index in [1.165, 1.54) is 5.69 Å². The van der Waals surface area contributed by atoms with Crippen LogP contribution in [-0.4, -0.2) is 82.2 Å². The summed E-state index contributed by atoms with van der Waals surface area (Å²) in [5.41, 5.74) is 8.84. The number of unbranched alkanes of at least 4 members (excludes halogenated alkanes) is 1. The number of piperazine rings is 1. The average molecular weight is 598 g/mol. The summed E-state index contributed by atoms with van der Waals surface area (Å²) in [7, 11) is 2.14. The molecule has 4 unspecified atom stereocenters. The number of amides is 1. The molecule has 3 aliphatic rings. The molecule has 1 aromatic carbocycles. The zero-order valence-corrected chi connectivity index (χ0v) is 24.5. The maximum absolute atomic E-state index is 14.5. The molecule has 4 atom stereocenters. The third-order valence-electron chi connectivity index (χ3n) is 8.16. The minimum absolute atomic E-state index is 0.0628. The van der Waals surface area contributed by atoms with Crippen LogP contribution in [0.1, 0.15) is 37.7 Å². The summed E-state index contributed by atoms with van der Waals surface area (Å²) in [6.07, 6.45) is 7.12. The second-order valence-electron chi connectivity index (χ2n) is 11.3. The number of primary amides is 1. The van der Waals surface area contributed by atoms with E-state index >= 15 is 0 Å². The topological polar surface area (TPSA) is 174 Å². The van der Waals surface area contributed by atoms with E-state index in [-0.39, 0.29) is 48.4 Å². The van der Waals surface area contributed by atoms with Gasteiger partial charge < -0.3 is 36.4 Å². The number of carbonyl (C=O) groups is 3. The molecule has 43 heavy (non-hydrogen) atoms. The van der Waals surface area contributed by atoms with Gasteiger partial charge in [0.15, 0.2) is 11.6 Å². The van der Waals surface area contributed by atoms with Crippen LogP contribution in [0, 0.1) is 30.5 Å². The largest absolute Gasteiger partial charge is 0.481 e. The van der Waals surface area contributed by atoms with E-state index < -0.39 is 17.8 Å². The van der Waals surface area contributed by atoms with E-state index in [9.17, 15) is 18.8 Å². The molecular weight excluding hydrogens is 557 g/mol. The Bertz CT molecular complexity index is 1330. The van der Waals surface area contributed by atoms with Gasteiger partial charge in [-0.3, -0.25) is 14.4 Å². The molecule has 13 heteroatoms. The van der Waals surface area contributed by atoms with E-state index in [1.807, 2.05) is 12.1 Å². The van der Waals surface area contributed by atoms with Gasteiger partial charge in [0.25, 0.3) is 0 Å². The van der Waals surface area contributed by atoms with E-state index in [0.29, 0.717) is 18.8 Å². The van der Waals surface area contributed by atoms with Crippen molar-refractivity contribution in [2.24, 2.45) is 23.5 Å². The molecule has 0 spiro atoms. The van der Waals surface area contributed by atoms with Crippen LogP contribution in [0.4, 0.5) is 27.5 Å². The average Bonchev–Trinajstić information content (AvgIpc) is 3.56. The summed E-state index contributed by atoms with van der Waals surface area (Å²) in [6.45, 7) is 6.20. The van der Waals surface area contributed by atoms with Crippen molar-refractivity contribution in [3.05, 3.63) is 47.9 Å². The quantitative estimate of drug-likeness (QED) is 0.190. The number of hydrogen-bond acceptors (Lipinski definition) is 9. The predicted molar refractivity (Wildman–Crippen MR) is 161 cm³/mol. The van der Waals surface area contributed by atoms with E-state index in [0.717, 1.165) is 50.0 Å². The Labute approximate surface area is 250 Å². The summed E-state index contributed by atoms with van der Waals surface area (Å²) in [5.74, 6) is -2.41. The number of aromatic nitrogens is 2. The number of nitrogens with zero attached hydrogens (tertiary/aromatic N) is 4. The highest BCUT2D eigenvalue weighted by atomic mass is 19.1. The van der Waals surface area contributed by atoms with Gasteiger partial charge in [0.05, 0.1) is 12.1 Å². The predicted octanol–water partition coefficient (Wildman–Crippen LogP) is 3.22. The molecule has 2 aliphatic carbocycles. The van der Waals surface area contributed by atoms with Gasteiger partial charge in [-0.2, -0.15) is 4.98 Å². The van der Waals surface area contributed by atoms with Gasteiger partial charge >= 0.3 is 11.9 Å². The first-order valence-electron chi connectivity index (χ1n) is 14.5. The lowest BCUT2D eigenvalue weighted by atomic mass is 9.88. The molecule has 2 aromatic rings. The van der Waals surface area contributed by atoms with E-state index in [2.05, 4.69) is 62.6 Å². The zero-order valence-electron chi connectivity index (χ0n) is 24.5. The summed E-state index contributed by atoms with van der Waals surface area (Å²) in [4.78, 5) is 45.0. The standard InChI is InChI=1S/C24H30FN7O.C6H10O4/c1-14-11-17(5-6-19(14)32-9-7-31(2)8-10-32)28-24-27-13-18(25)23(30-24)29-21-16-4-3-15(12-16)20(21)22(26)33;7-5(8)3-1-2-4-6(9)10/h3-6,11,13,15-16,20-21H,7-10,12H2,1-2H3,(H2,26,33)(H2,27,28,29,30);1-4H2,(H,7,8)(H,9,10). The highest BCUT2D eigenvalue weighted by Gasteiger charge is 2.47. The van der Waals surface area contributed by atoms with Gasteiger partial charge in [0, 0.05) is 56.4 Å². The molecular formula is C30H40FN7O5. The third kappa shape index (κ3) is 8.40. The Kier molecular flexibility index (Phi) is 10.5. The minimum atomic E-state index is -0.870. The SMILES string of the molecule is Cc1cc(Nc2ncc(F)c(NC3C4C=CC(C4)C3C(N)=O)n2)ccc1N1CCN(C)CC1.O=C(O)CCCCC(=O)O. The van der Waals surface area contributed by atoms with Gasteiger partial charge in [-0.15, -0.1) is 0 Å². The summed E-state index contributed by atoms with van der Waals surface area (Å²) in [5, 5.41) is 22.6. The van der Waals surface area contributed by atoms with Crippen molar-refractivity contribution in [3.8, 4) is 0 Å². The lowest BCUT2D eigenvalue weighted by Crippen LogP contribution is -2.44. The van der Waals surface area contributed by atoms with Crippen molar-refractivity contribution in [2.75, 3.05) is 48.8 Å². The summed E-state index contributed by atoms with van der Waals surface area (Å²) < 4.78 is 14.5. The Morgan fingerprint density at radius 2 is 1.70 bits per heavy atom. The first kappa shape index (κ1) is 31.7. The number of carboxylic acids is 2. The zero-order chi connectivity index (χ0) is 31.1. The maximum Gasteiger partial charge on any atom is 0.303 e. The smallest absolute Gasteiger partial charge is 0.303 e. The number of fused-ring (bicyclic) bond motifs is 2. The van der Waals surface area contributed by atoms with Gasteiger partial charge in [-0.05, 0) is 68.8 Å². The van der Waals surface area contributed by atoms with Crippen LogP contribution in [0.25, 0.3) is 0 Å². The van der Waals surface area contributed by atoms with Crippen molar-refractivity contribution in [1.29, 1.82) is 0 Å². The first-order chi connectivity index (χ1) is 20.5. The molecule has 1 saturated heterocycles. The van der Waals surface area contributed by atoms with Crippen LogP contribution in [0.2, 0.25) is 0 Å². The molecule has 1 amide bonds. The number of rotatable bonds is 11. The number of hydrogen-bond donors (Lipinski definition) is 5. The lowest BCUT2D eigenvalue weighted by Gasteiger charge is -2.35. The number of nitrogens with two attached hydrogens (primary N) is 1. The molecule has 1 aromatic heterocycles. The van der Waals surface area contributed by atoms with Gasteiger partial charge in [0.1, 0.15) is 0 Å². The van der Waals surface area contributed by atoms with Crippen molar-refractivity contribution < 1.29 is 29.0 Å². The Balaban J connectivity index is 0.000000365. The molecule has 1 aliphatic heterocycles. The second kappa shape index (κ2) is 14.3. The minimum Gasteiger partial charge on any atom is -0.481 e. The van der Waals surface area contributed by atoms with E-state index in [4.69, 9.17) is 15.9 Å². The van der Waals surface area contributed by atoms with Crippen molar-refractivity contribution in [3.63, 3.8) is 0 Å². The number of allylic oxidation sites excluding steroid dienone is 1. The fourth-order valence-electron chi connectivity index (χ4n) is 5.91. The number of halogens is 1.